The molecule has 1 amide bonds. The van der Waals surface area contributed by atoms with Crippen molar-refractivity contribution in [3.8, 4) is 0 Å². The zero-order valence-electron chi connectivity index (χ0n) is 13.1. The Morgan fingerprint density at radius 2 is 2.10 bits per heavy atom. The summed E-state index contributed by atoms with van der Waals surface area (Å²) in [4.78, 5) is 14.0. The second-order valence-corrected chi connectivity index (χ2v) is 6.35. The lowest BCUT2D eigenvalue weighted by Crippen LogP contribution is -2.54. The van der Waals surface area contributed by atoms with Crippen LogP contribution in [0.15, 0.2) is 30.3 Å². The molecule has 4 nitrogen and oxygen atoms in total. The maximum absolute atomic E-state index is 11.5. The van der Waals surface area contributed by atoms with Crippen LogP contribution in [0, 0.1) is 5.92 Å². The number of amides is 1. The standard InChI is InChI=1S/C17H27N3O/c1-13(2)16(17(18)21)19-15-9-6-10-20(12-15)11-14-7-4-3-5-8-14/h3-5,7-8,13,15-16,19H,6,9-12H2,1-2H3,(H2,18,21). The van der Waals surface area contributed by atoms with Gasteiger partial charge >= 0.3 is 0 Å². The zero-order chi connectivity index (χ0) is 15.2. The third-order valence-electron chi connectivity index (χ3n) is 4.14. The maximum Gasteiger partial charge on any atom is 0.234 e. The molecular weight excluding hydrogens is 262 g/mol. The lowest BCUT2D eigenvalue weighted by atomic mass is 9.99. The van der Waals surface area contributed by atoms with Crippen molar-refractivity contribution in [1.29, 1.82) is 0 Å². The number of hydrogen-bond acceptors (Lipinski definition) is 3. The molecule has 3 N–H and O–H groups in total. The Bertz CT molecular complexity index is 447. The van der Waals surface area contributed by atoms with Crippen LogP contribution in [0.1, 0.15) is 32.3 Å². The molecule has 0 saturated carbocycles. The number of carbonyl (C=O) groups excluding carboxylic acids is 1. The number of piperidine rings is 1. The van der Waals surface area contributed by atoms with E-state index in [2.05, 4.69) is 34.5 Å². The van der Waals surface area contributed by atoms with E-state index in [-0.39, 0.29) is 17.9 Å². The summed E-state index contributed by atoms with van der Waals surface area (Å²) in [7, 11) is 0. The molecule has 1 saturated heterocycles. The average molecular weight is 289 g/mol. The molecule has 0 aliphatic carbocycles. The highest BCUT2D eigenvalue weighted by molar-refractivity contribution is 5.80. The van der Waals surface area contributed by atoms with Gasteiger partial charge in [-0.1, -0.05) is 44.2 Å². The topological polar surface area (TPSA) is 58.4 Å². The second kappa shape index (κ2) is 7.57. The molecule has 0 aromatic heterocycles. The summed E-state index contributed by atoms with van der Waals surface area (Å²) in [5.41, 5.74) is 6.84. The van der Waals surface area contributed by atoms with E-state index in [1.807, 2.05) is 19.9 Å². The molecule has 1 fully saturated rings. The van der Waals surface area contributed by atoms with Crippen LogP contribution >= 0.6 is 0 Å². The van der Waals surface area contributed by atoms with Gasteiger partial charge in [0, 0.05) is 19.1 Å². The van der Waals surface area contributed by atoms with Gasteiger partial charge < -0.3 is 11.1 Å². The number of likely N-dealkylation sites (tertiary alicyclic amines) is 1. The smallest absolute Gasteiger partial charge is 0.234 e. The third-order valence-corrected chi connectivity index (χ3v) is 4.14. The lowest BCUT2D eigenvalue weighted by molar-refractivity contribution is -0.121. The van der Waals surface area contributed by atoms with Crippen LogP contribution in [0.2, 0.25) is 0 Å². The van der Waals surface area contributed by atoms with Gasteiger partial charge in [-0.3, -0.25) is 9.69 Å². The Labute approximate surface area is 127 Å². The summed E-state index contributed by atoms with van der Waals surface area (Å²) in [6.45, 7) is 7.14. The molecule has 0 radical (unpaired) electrons. The Morgan fingerprint density at radius 3 is 2.71 bits per heavy atom. The van der Waals surface area contributed by atoms with Crippen molar-refractivity contribution >= 4 is 5.91 Å². The summed E-state index contributed by atoms with van der Waals surface area (Å²) >= 11 is 0. The lowest BCUT2D eigenvalue weighted by Gasteiger charge is -2.35. The largest absolute Gasteiger partial charge is 0.368 e. The average Bonchev–Trinajstić information content (AvgIpc) is 2.45. The predicted octanol–water partition coefficient (Wildman–Crippen LogP) is 1.75. The highest BCUT2D eigenvalue weighted by Crippen LogP contribution is 2.15. The van der Waals surface area contributed by atoms with Crippen molar-refractivity contribution < 1.29 is 4.79 Å². The van der Waals surface area contributed by atoms with Crippen molar-refractivity contribution in [2.24, 2.45) is 11.7 Å². The van der Waals surface area contributed by atoms with E-state index in [9.17, 15) is 4.79 Å². The minimum absolute atomic E-state index is 0.229. The van der Waals surface area contributed by atoms with Gasteiger partial charge in [-0.25, -0.2) is 0 Å². The van der Waals surface area contributed by atoms with Gasteiger partial charge in [0.15, 0.2) is 0 Å². The van der Waals surface area contributed by atoms with Gasteiger partial charge in [0.05, 0.1) is 6.04 Å². The minimum Gasteiger partial charge on any atom is -0.368 e. The van der Waals surface area contributed by atoms with Gasteiger partial charge in [-0.05, 0) is 30.9 Å². The van der Waals surface area contributed by atoms with Crippen LogP contribution in [0.4, 0.5) is 0 Å². The van der Waals surface area contributed by atoms with Gasteiger partial charge in [-0.2, -0.15) is 0 Å². The normalized spacial score (nSPS) is 21.4. The molecule has 2 atom stereocenters. The van der Waals surface area contributed by atoms with Crippen LogP contribution in [0.3, 0.4) is 0 Å². The molecule has 2 rings (SSSR count). The molecule has 0 bridgehead atoms. The van der Waals surface area contributed by atoms with E-state index in [1.54, 1.807) is 0 Å². The Balaban J connectivity index is 1.90. The molecule has 4 heteroatoms. The third kappa shape index (κ3) is 4.83. The molecule has 21 heavy (non-hydrogen) atoms. The van der Waals surface area contributed by atoms with Gasteiger partial charge in [0.25, 0.3) is 0 Å². The molecule has 1 heterocycles. The summed E-state index contributed by atoms with van der Waals surface area (Å²) in [6, 6.07) is 10.7. The Hall–Kier alpha value is -1.39. The first-order valence-electron chi connectivity index (χ1n) is 7.88. The monoisotopic (exact) mass is 289 g/mol. The van der Waals surface area contributed by atoms with Crippen molar-refractivity contribution in [2.45, 2.75) is 45.3 Å². The fourth-order valence-electron chi connectivity index (χ4n) is 3.03. The molecular formula is C17H27N3O. The molecule has 1 aliphatic rings. The fourth-order valence-corrected chi connectivity index (χ4v) is 3.03. The van der Waals surface area contributed by atoms with Crippen molar-refractivity contribution in [3.63, 3.8) is 0 Å². The summed E-state index contributed by atoms with van der Waals surface area (Å²) in [5.74, 6) is -0.0165. The molecule has 0 spiro atoms. The van der Waals surface area contributed by atoms with E-state index in [4.69, 9.17) is 5.73 Å². The molecule has 1 aromatic rings. The molecule has 116 valence electrons. The number of primary amides is 1. The first-order chi connectivity index (χ1) is 10.1. The number of hydrogen-bond donors (Lipinski definition) is 2. The number of nitrogens with two attached hydrogens (primary N) is 1. The van der Waals surface area contributed by atoms with Crippen molar-refractivity contribution in [2.75, 3.05) is 13.1 Å². The van der Waals surface area contributed by atoms with E-state index in [0.717, 1.165) is 32.5 Å². The Morgan fingerprint density at radius 1 is 1.38 bits per heavy atom. The quantitative estimate of drug-likeness (QED) is 0.839. The van der Waals surface area contributed by atoms with Crippen LogP contribution in [-0.4, -0.2) is 36.0 Å². The maximum atomic E-state index is 11.5. The number of nitrogens with one attached hydrogen (secondary N) is 1. The highest BCUT2D eigenvalue weighted by Gasteiger charge is 2.26. The second-order valence-electron chi connectivity index (χ2n) is 6.35. The molecule has 1 aromatic carbocycles. The number of benzene rings is 1. The van der Waals surface area contributed by atoms with E-state index in [0.29, 0.717) is 6.04 Å². The van der Waals surface area contributed by atoms with Crippen molar-refractivity contribution in [3.05, 3.63) is 35.9 Å². The first-order valence-corrected chi connectivity index (χ1v) is 7.88. The van der Waals surface area contributed by atoms with Crippen LogP contribution in [0.5, 0.6) is 0 Å². The van der Waals surface area contributed by atoms with Crippen LogP contribution in [-0.2, 0) is 11.3 Å². The number of rotatable bonds is 6. The summed E-state index contributed by atoms with van der Waals surface area (Å²) in [6.07, 6.45) is 2.27. The molecule has 2 unspecified atom stereocenters. The predicted molar refractivity (Wildman–Crippen MR) is 85.7 cm³/mol. The zero-order valence-corrected chi connectivity index (χ0v) is 13.1. The number of nitrogens with zero attached hydrogens (tertiary/aromatic N) is 1. The van der Waals surface area contributed by atoms with Gasteiger partial charge in [-0.15, -0.1) is 0 Å². The van der Waals surface area contributed by atoms with Gasteiger partial charge in [0.2, 0.25) is 5.91 Å². The molecule has 1 aliphatic heterocycles. The van der Waals surface area contributed by atoms with Crippen molar-refractivity contribution in [1.82, 2.24) is 10.2 Å². The minimum atomic E-state index is -0.245. The van der Waals surface area contributed by atoms with Crippen LogP contribution < -0.4 is 11.1 Å². The summed E-state index contributed by atoms with van der Waals surface area (Å²) < 4.78 is 0. The first kappa shape index (κ1) is 16.0. The summed E-state index contributed by atoms with van der Waals surface area (Å²) in [5, 5.41) is 3.45. The Kier molecular flexibility index (Phi) is 5.76. The van der Waals surface area contributed by atoms with E-state index < -0.39 is 0 Å². The van der Waals surface area contributed by atoms with Crippen LogP contribution in [0.25, 0.3) is 0 Å². The van der Waals surface area contributed by atoms with E-state index in [1.165, 1.54) is 5.56 Å². The van der Waals surface area contributed by atoms with E-state index >= 15 is 0 Å². The fraction of sp³-hybridized carbons (Fsp3) is 0.588. The SMILES string of the molecule is CC(C)C(NC1CCCN(Cc2ccccc2)C1)C(N)=O. The highest BCUT2D eigenvalue weighted by atomic mass is 16.1. The number of carbonyl (C=O) groups is 1. The van der Waals surface area contributed by atoms with Gasteiger partial charge in [0.1, 0.15) is 0 Å².